The molecule has 1 heterocycles. The largest absolute Gasteiger partial charge is 0.393 e. The minimum absolute atomic E-state index is 0.131. The van der Waals surface area contributed by atoms with Crippen LogP contribution in [0.5, 0.6) is 0 Å². The minimum Gasteiger partial charge on any atom is -0.393 e. The van der Waals surface area contributed by atoms with Gasteiger partial charge in [0.1, 0.15) is 6.61 Å². The maximum absolute atomic E-state index is 5.54. The van der Waals surface area contributed by atoms with E-state index in [0.29, 0.717) is 13.2 Å². The third-order valence-corrected chi connectivity index (χ3v) is 3.32. The fourth-order valence-corrected chi connectivity index (χ4v) is 2.29. The summed E-state index contributed by atoms with van der Waals surface area (Å²) in [6, 6.07) is 0. The van der Waals surface area contributed by atoms with Gasteiger partial charge in [-0.2, -0.15) is 0 Å². The summed E-state index contributed by atoms with van der Waals surface area (Å²) in [6.45, 7) is 13.0. The second-order valence-corrected chi connectivity index (χ2v) is 6.32. The van der Waals surface area contributed by atoms with Crippen LogP contribution < -0.4 is 0 Å². The van der Waals surface area contributed by atoms with Crippen molar-refractivity contribution in [1.29, 1.82) is 0 Å². The third kappa shape index (κ3) is 5.14. The van der Waals surface area contributed by atoms with Gasteiger partial charge in [0, 0.05) is 0 Å². The molecule has 1 rings (SSSR count). The molecule has 0 unspecified atom stereocenters. The molecule has 0 aliphatic carbocycles. The molecule has 1 aromatic heterocycles. The maximum atomic E-state index is 5.54. The molecular weight excluding hydrogens is 248 g/mol. The molecule has 5 heteroatoms. The number of nitrogens with zero attached hydrogens (tertiary/aromatic N) is 2. The summed E-state index contributed by atoms with van der Waals surface area (Å²) in [5, 5.41) is 5.14. The molecule has 0 radical (unpaired) electrons. The van der Waals surface area contributed by atoms with Gasteiger partial charge in [0.25, 0.3) is 0 Å². The Morgan fingerprint density at radius 3 is 2.44 bits per heavy atom. The SMILES string of the molecule is CC(=NOCCOC(C)(C)C)c1sc(C)nc1C. The molecule has 0 saturated carbocycles. The van der Waals surface area contributed by atoms with Crippen molar-refractivity contribution >= 4 is 17.0 Å². The van der Waals surface area contributed by atoms with E-state index in [1.807, 2.05) is 41.5 Å². The van der Waals surface area contributed by atoms with Crippen LogP contribution in [0.1, 0.15) is 43.3 Å². The normalized spacial score (nSPS) is 12.9. The summed E-state index contributed by atoms with van der Waals surface area (Å²) in [6.07, 6.45) is 0. The second kappa shape index (κ2) is 6.29. The predicted octanol–water partition coefficient (Wildman–Crippen LogP) is 3.32. The van der Waals surface area contributed by atoms with Gasteiger partial charge in [0.05, 0.1) is 33.5 Å². The fraction of sp³-hybridized carbons (Fsp3) is 0.692. The van der Waals surface area contributed by atoms with Gasteiger partial charge in [0.15, 0.2) is 0 Å². The number of aromatic nitrogens is 1. The standard InChI is InChI=1S/C13H22N2O2S/c1-9-12(18-11(3)14-9)10(2)15-17-8-7-16-13(4,5)6/h7-8H2,1-6H3. The topological polar surface area (TPSA) is 43.7 Å². The molecule has 18 heavy (non-hydrogen) atoms. The summed E-state index contributed by atoms with van der Waals surface area (Å²) >= 11 is 1.64. The van der Waals surface area contributed by atoms with Gasteiger partial charge < -0.3 is 9.57 Å². The Morgan fingerprint density at radius 2 is 1.94 bits per heavy atom. The smallest absolute Gasteiger partial charge is 0.140 e. The van der Waals surface area contributed by atoms with Crippen LogP contribution in [-0.2, 0) is 9.57 Å². The molecule has 0 saturated heterocycles. The average molecular weight is 270 g/mol. The molecular formula is C13H22N2O2S. The molecule has 0 aliphatic heterocycles. The van der Waals surface area contributed by atoms with Crippen LogP contribution in [0.25, 0.3) is 0 Å². The fourth-order valence-electron chi connectivity index (χ4n) is 1.44. The Balaban J connectivity index is 2.41. The highest BCUT2D eigenvalue weighted by atomic mass is 32.1. The number of thiazole rings is 1. The highest BCUT2D eigenvalue weighted by Gasteiger charge is 2.10. The molecule has 0 spiro atoms. The Morgan fingerprint density at radius 1 is 1.28 bits per heavy atom. The average Bonchev–Trinajstić information content (AvgIpc) is 2.55. The van der Waals surface area contributed by atoms with Crippen molar-refractivity contribution < 1.29 is 9.57 Å². The molecule has 102 valence electrons. The van der Waals surface area contributed by atoms with E-state index >= 15 is 0 Å². The molecule has 0 bridgehead atoms. The quantitative estimate of drug-likeness (QED) is 0.468. The van der Waals surface area contributed by atoms with Crippen LogP contribution in [0.15, 0.2) is 5.16 Å². The molecule has 4 nitrogen and oxygen atoms in total. The highest BCUT2D eigenvalue weighted by molar-refractivity contribution is 7.13. The van der Waals surface area contributed by atoms with Crippen molar-refractivity contribution in [1.82, 2.24) is 4.98 Å². The van der Waals surface area contributed by atoms with Gasteiger partial charge in [-0.3, -0.25) is 0 Å². The first-order valence-corrected chi connectivity index (χ1v) is 6.86. The van der Waals surface area contributed by atoms with Crippen molar-refractivity contribution in [2.45, 2.75) is 47.1 Å². The number of hydrogen-bond donors (Lipinski definition) is 0. The minimum atomic E-state index is -0.131. The summed E-state index contributed by atoms with van der Waals surface area (Å²) in [5.41, 5.74) is 1.75. The molecule has 0 aliphatic rings. The van der Waals surface area contributed by atoms with E-state index in [1.54, 1.807) is 11.3 Å². The lowest BCUT2D eigenvalue weighted by molar-refractivity contribution is -0.0340. The van der Waals surface area contributed by atoms with Crippen molar-refractivity contribution in [3.63, 3.8) is 0 Å². The van der Waals surface area contributed by atoms with Crippen LogP contribution in [-0.4, -0.2) is 29.5 Å². The highest BCUT2D eigenvalue weighted by Crippen LogP contribution is 2.18. The number of aryl methyl sites for hydroxylation is 2. The summed E-state index contributed by atoms with van der Waals surface area (Å²) in [7, 11) is 0. The lowest BCUT2D eigenvalue weighted by Crippen LogP contribution is -2.21. The molecule has 0 N–H and O–H groups in total. The Labute approximate surface area is 113 Å². The molecule has 1 aromatic rings. The van der Waals surface area contributed by atoms with Gasteiger partial charge in [-0.05, 0) is 41.5 Å². The van der Waals surface area contributed by atoms with E-state index in [-0.39, 0.29) is 5.60 Å². The third-order valence-electron chi connectivity index (χ3n) is 2.14. The summed E-state index contributed by atoms with van der Waals surface area (Å²) < 4.78 is 5.54. The van der Waals surface area contributed by atoms with E-state index in [9.17, 15) is 0 Å². The zero-order valence-corrected chi connectivity index (χ0v) is 12.8. The van der Waals surface area contributed by atoms with Crippen LogP contribution in [0, 0.1) is 13.8 Å². The summed E-state index contributed by atoms with van der Waals surface area (Å²) in [4.78, 5) is 10.7. The van der Waals surface area contributed by atoms with E-state index in [0.717, 1.165) is 21.3 Å². The first kappa shape index (κ1) is 15.1. The van der Waals surface area contributed by atoms with Crippen LogP contribution in [0.4, 0.5) is 0 Å². The lowest BCUT2D eigenvalue weighted by atomic mass is 10.2. The van der Waals surface area contributed by atoms with Gasteiger partial charge in [-0.25, -0.2) is 4.98 Å². The van der Waals surface area contributed by atoms with Crippen molar-refractivity contribution in [3.05, 3.63) is 15.6 Å². The zero-order valence-electron chi connectivity index (χ0n) is 12.0. The Kier molecular flexibility index (Phi) is 5.28. The van der Waals surface area contributed by atoms with E-state index < -0.39 is 0 Å². The van der Waals surface area contributed by atoms with Gasteiger partial charge in [-0.15, -0.1) is 11.3 Å². The van der Waals surface area contributed by atoms with E-state index in [2.05, 4.69) is 10.1 Å². The van der Waals surface area contributed by atoms with Crippen LogP contribution in [0.2, 0.25) is 0 Å². The Hall–Kier alpha value is -0.940. The first-order valence-electron chi connectivity index (χ1n) is 6.04. The van der Waals surface area contributed by atoms with Crippen LogP contribution in [0.3, 0.4) is 0 Å². The number of ether oxygens (including phenoxy) is 1. The van der Waals surface area contributed by atoms with Gasteiger partial charge in [0.2, 0.25) is 0 Å². The predicted molar refractivity (Wildman–Crippen MR) is 75.5 cm³/mol. The van der Waals surface area contributed by atoms with Gasteiger partial charge >= 0.3 is 0 Å². The van der Waals surface area contributed by atoms with Crippen LogP contribution >= 0.6 is 11.3 Å². The van der Waals surface area contributed by atoms with Crippen molar-refractivity contribution in [2.75, 3.05) is 13.2 Å². The maximum Gasteiger partial charge on any atom is 0.140 e. The lowest BCUT2D eigenvalue weighted by Gasteiger charge is -2.18. The second-order valence-electron chi connectivity index (χ2n) is 5.12. The molecule has 0 atom stereocenters. The zero-order chi connectivity index (χ0) is 13.8. The van der Waals surface area contributed by atoms with Gasteiger partial charge in [-0.1, -0.05) is 5.16 Å². The van der Waals surface area contributed by atoms with E-state index in [4.69, 9.17) is 9.57 Å². The van der Waals surface area contributed by atoms with Crippen molar-refractivity contribution in [2.24, 2.45) is 5.16 Å². The number of rotatable bonds is 5. The summed E-state index contributed by atoms with van der Waals surface area (Å²) in [5.74, 6) is 0. The first-order chi connectivity index (χ1) is 8.29. The molecule has 0 fully saturated rings. The number of hydrogen-bond acceptors (Lipinski definition) is 5. The Bertz CT molecular complexity index is 419. The van der Waals surface area contributed by atoms with E-state index in [1.165, 1.54) is 0 Å². The molecule has 0 amide bonds. The van der Waals surface area contributed by atoms with Crippen molar-refractivity contribution in [3.8, 4) is 0 Å². The number of oxime groups is 1. The monoisotopic (exact) mass is 270 g/mol. The molecule has 0 aromatic carbocycles.